The first-order valence-electron chi connectivity index (χ1n) is 5.81. The Balaban J connectivity index is 2.84. The van der Waals surface area contributed by atoms with Crippen LogP contribution in [0, 0.1) is 5.82 Å². The molecule has 0 aliphatic carbocycles. The van der Waals surface area contributed by atoms with Gasteiger partial charge in [-0.2, -0.15) is 0 Å². The van der Waals surface area contributed by atoms with Crippen molar-refractivity contribution in [1.29, 1.82) is 0 Å². The zero-order valence-corrected chi connectivity index (χ0v) is 11.7. The Morgan fingerprint density at radius 1 is 1.22 bits per heavy atom. The molecule has 0 aliphatic rings. The lowest BCUT2D eigenvalue weighted by molar-refractivity contribution is 0.571. The van der Waals surface area contributed by atoms with Crippen LogP contribution in [0.2, 0.25) is 5.02 Å². The van der Waals surface area contributed by atoms with Crippen LogP contribution in [0.3, 0.4) is 0 Å². The molecule has 0 spiro atoms. The molecule has 96 valence electrons. The number of hydrogen-bond acceptors (Lipinski definition) is 2. The fraction of sp³-hybridized carbons (Fsp3) is 0.357. The van der Waals surface area contributed by atoms with E-state index in [4.69, 9.17) is 11.6 Å². The maximum absolute atomic E-state index is 13.4. The Morgan fingerprint density at radius 3 is 2.44 bits per heavy atom. The van der Waals surface area contributed by atoms with E-state index >= 15 is 0 Å². The van der Waals surface area contributed by atoms with E-state index in [9.17, 15) is 4.39 Å². The summed E-state index contributed by atoms with van der Waals surface area (Å²) in [6.07, 6.45) is 0. The molecule has 0 amide bonds. The maximum atomic E-state index is 13.4. The molecule has 18 heavy (non-hydrogen) atoms. The summed E-state index contributed by atoms with van der Waals surface area (Å²) in [4.78, 5) is 4.51. The van der Waals surface area contributed by atoms with Crippen molar-refractivity contribution in [3.8, 4) is 0 Å². The van der Waals surface area contributed by atoms with Gasteiger partial charge < -0.3 is 5.32 Å². The van der Waals surface area contributed by atoms with Gasteiger partial charge in [-0.05, 0) is 12.1 Å². The maximum Gasteiger partial charge on any atom is 0.126 e. The molecule has 1 heterocycles. The summed E-state index contributed by atoms with van der Waals surface area (Å²) in [5.74, 6) is -0.367. The molecular weight excluding hydrogens is 251 g/mol. The summed E-state index contributed by atoms with van der Waals surface area (Å²) in [7, 11) is 1.82. The lowest BCUT2D eigenvalue weighted by Crippen LogP contribution is -2.14. The topological polar surface area (TPSA) is 24.9 Å². The molecule has 0 bridgehead atoms. The first-order valence-corrected chi connectivity index (χ1v) is 6.19. The summed E-state index contributed by atoms with van der Waals surface area (Å²) < 4.78 is 13.4. The highest BCUT2D eigenvalue weighted by Crippen LogP contribution is 2.33. The molecule has 0 atom stereocenters. The Morgan fingerprint density at radius 2 is 1.89 bits per heavy atom. The predicted molar refractivity (Wildman–Crippen MR) is 75.0 cm³/mol. The van der Waals surface area contributed by atoms with Crippen molar-refractivity contribution in [2.45, 2.75) is 26.2 Å². The van der Waals surface area contributed by atoms with Crippen LogP contribution >= 0.6 is 11.6 Å². The summed E-state index contributed by atoms with van der Waals surface area (Å²) in [6, 6.07) is 4.69. The summed E-state index contributed by atoms with van der Waals surface area (Å²) >= 11 is 6.09. The van der Waals surface area contributed by atoms with Gasteiger partial charge in [0.2, 0.25) is 0 Å². The Labute approximate surface area is 111 Å². The minimum absolute atomic E-state index is 0.0986. The molecule has 0 fully saturated rings. The normalized spacial score (nSPS) is 11.9. The van der Waals surface area contributed by atoms with Crippen LogP contribution in [0.1, 0.15) is 26.5 Å². The van der Waals surface area contributed by atoms with E-state index in [2.05, 4.69) is 31.1 Å². The second-order valence-electron chi connectivity index (χ2n) is 5.34. The first-order chi connectivity index (χ1) is 8.32. The van der Waals surface area contributed by atoms with Gasteiger partial charge in [0.25, 0.3) is 0 Å². The van der Waals surface area contributed by atoms with E-state index in [1.807, 2.05) is 13.1 Å². The van der Waals surface area contributed by atoms with Crippen LogP contribution in [-0.2, 0) is 5.41 Å². The highest BCUT2D eigenvalue weighted by molar-refractivity contribution is 6.36. The average molecular weight is 267 g/mol. The highest BCUT2D eigenvalue weighted by atomic mass is 35.5. The van der Waals surface area contributed by atoms with E-state index < -0.39 is 0 Å². The van der Waals surface area contributed by atoms with Crippen LogP contribution < -0.4 is 5.32 Å². The van der Waals surface area contributed by atoms with Crippen LogP contribution in [0.15, 0.2) is 18.2 Å². The number of benzene rings is 1. The molecule has 0 saturated carbocycles. The third kappa shape index (κ3) is 2.27. The fourth-order valence-corrected chi connectivity index (χ4v) is 2.17. The van der Waals surface area contributed by atoms with Gasteiger partial charge in [0.1, 0.15) is 5.82 Å². The molecule has 0 unspecified atom stereocenters. The third-order valence-electron chi connectivity index (χ3n) is 2.86. The van der Waals surface area contributed by atoms with Gasteiger partial charge in [-0.1, -0.05) is 32.4 Å². The number of aromatic nitrogens is 1. The average Bonchev–Trinajstić information content (AvgIpc) is 2.25. The number of hydrogen-bond donors (Lipinski definition) is 1. The van der Waals surface area contributed by atoms with Crippen molar-refractivity contribution >= 4 is 28.2 Å². The van der Waals surface area contributed by atoms with E-state index in [-0.39, 0.29) is 11.2 Å². The van der Waals surface area contributed by atoms with E-state index in [0.29, 0.717) is 10.5 Å². The first kappa shape index (κ1) is 13.1. The number of anilines is 1. The lowest BCUT2D eigenvalue weighted by Gasteiger charge is -2.20. The Kier molecular flexibility index (Phi) is 3.20. The fourth-order valence-electron chi connectivity index (χ4n) is 1.87. The summed E-state index contributed by atoms with van der Waals surface area (Å²) in [5, 5.41) is 4.23. The number of fused-ring (bicyclic) bond motifs is 1. The molecular formula is C14H16ClFN2. The van der Waals surface area contributed by atoms with Crippen LogP contribution in [0.25, 0.3) is 10.9 Å². The molecule has 0 aliphatic heterocycles. The van der Waals surface area contributed by atoms with Gasteiger partial charge in [0.05, 0.1) is 10.5 Å². The van der Waals surface area contributed by atoms with Gasteiger partial charge in [-0.25, -0.2) is 4.39 Å². The highest BCUT2D eigenvalue weighted by Gasteiger charge is 2.19. The van der Waals surface area contributed by atoms with Gasteiger partial charge in [0, 0.05) is 35.3 Å². The van der Waals surface area contributed by atoms with Crippen molar-refractivity contribution in [3.63, 3.8) is 0 Å². The molecule has 1 aromatic carbocycles. The third-order valence-corrected chi connectivity index (χ3v) is 3.16. The van der Waals surface area contributed by atoms with Crippen molar-refractivity contribution in [3.05, 3.63) is 34.7 Å². The van der Waals surface area contributed by atoms with Crippen molar-refractivity contribution in [1.82, 2.24) is 4.98 Å². The standard InChI is InChI=1S/C14H16ClFN2/c1-14(2,3)12-7-10(17-4)13-9(15)5-8(16)6-11(13)18-12/h5-7H,1-4H3,(H,17,18). The van der Waals surface area contributed by atoms with Crippen molar-refractivity contribution in [2.24, 2.45) is 0 Å². The van der Waals surface area contributed by atoms with Crippen molar-refractivity contribution < 1.29 is 4.39 Å². The monoisotopic (exact) mass is 266 g/mol. The SMILES string of the molecule is CNc1cc(C(C)(C)C)nc2cc(F)cc(Cl)c12. The smallest absolute Gasteiger partial charge is 0.126 e. The molecule has 2 nitrogen and oxygen atoms in total. The Hall–Kier alpha value is -1.35. The number of halogens is 2. The van der Waals surface area contributed by atoms with Crippen LogP contribution in [0.5, 0.6) is 0 Å². The lowest BCUT2D eigenvalue weighted by atomic mass is 9.90. The molecule has 4 heteroatoms. The zero-order chi connectivity index (χ0) is 13.5. The largest absolute Gasteiger partial charge is 0.387 e. The van der Waals surface area contributed by atoms with Gasteiger partial charge >= 0.3 is 0 Å². The van der Waals surface area contributed by atoms with Gasteiger partial charge in [-0.3, -0.25) is 4.98 Å². The van der Waals surface area contributed by atoms with Crippen molar-refractivity contribution in [2.75, 3.05) is 12.4 Å². The molecule has 2 rings (SSSR count). The number of nitrogens with zero attached hydrogens (tertiary/aromatic N) is 1. The second kappa shape index (κ2) is 4.39. The molecule has 1 aromatic heterocycles. The van der Waals surface area contributed by atoms with E-state index in [0.717, 1.165) is 16.8 Å². The number of pyridine rings is 1. The second-order valence-corrected chi connectivity index (χ2v) is 5.74. The predicted octanol–water partition coefficient (Wildman–Crippen LogP) is 4.37. The van der Waals surface area contributed by atoms with Gasteiger partial charge in [0.15, 0.2) is 0 Å². The number of nitrogens with one attached hydrogen (secondary N) is 1. The minimum atomic E-state index is -0.367. The minimum Gasteiger partial charge on any atom is -0.387 e. The van der Waals surface area contributed by atoms with Crippen LogP contribution in [-0.4, -0.2) is 12.0 Å². The zero-order valence-electron chi connectivity index (χ0n) is 10.9. The van der Waals surface area contributed by atoms with E-state index in [1.54, 1.807) is 0 Å². The quantitative estimate of drug-likeness (QED) is 0.829. The molecule has 2 aromatic rings. The molecule has 0 saturated heterocycles. The number of rotatable bonds is 1. The van der Waals surface area contributed by atoms with Crippen LogP contribution in [0.4, 0.5) is 10.1 Å². The van der Waals surface area contributed by atoms with E-state index in [1.165, 1.54) is 12.1 Å². The van der Waals surface area contributed by atoms with Gasteiger partial charge in [-0.15, -0.1) is 0 Å². The summed E-state index contributed by atoms with van der Waals surface area (Å²) in [5.41, 5.74) is 2.26. The Bertz CT molecular complexity index is 603. The summed E-state index contributed by atoms with van der Waals surface area (Å²) in [6.45, 7) is 6.21. The molecule has 0 radical (unpaired) electrons. The molecule has 1 N–H and O–H groups in total.